The van der Waals surface area contributed by atoms with Crippen LogP contribution in [0.3, 0.4) is 0 Å². The summed E-state index contributed by atoms with van der Waals surface area (Å²) in [4.78, 5) is 12.0. The number of halogens is 3. The summed E-state index contributed by atoms with van der Waals surface area (Å²) < 4.78 is -1.73. The minimum atomic E-state index is -1.73. The molecule has 0 radical (unpaired) electrons. The quantitative estimate of drug-likeness (QED) is 0.510. The first-order chi connectivity index (χ1) is 6.41. The predicted octanol–water partition coefficient (Wildman–Crippen LogP) is 3.14. The molecule has 0 aromatic carbocycles. The van der Waals surface area contributed by atoms with Crippen LogP contribution in [0.25, 0.3) is 0 Å². The van der Waals surface area contributed by atoms with Gasteiger partial charge in [-0.2, -0.15) is 0 Å². The van der Waals surface area contributed by atoms with Crippen molar-refractivity contribution >= 4 is 51.9 Å². The van der Waals surface area contributed by atoms with E-state index in [0.29, 0.717) is 4.88 Å². The van der Waals surface area contributed by atoms with Crippen molar-refractivity contribution in [2.24, 2.45) is 5.73 Å². The van der Waals surface area contributed by atoms with Crippen molar-refractivity contribution in [1.82, 2.24) is 0 Å². The van der Waals surface area contributed by atoms with Gasteiger partial charge in [0.25, 0.3) is 0 Å². The van der Waals surface area contributed by atoms with E-state index in [2.05, 4.69) is 0 Å². The molecule has 0 atom stereocenters. The summed E-state index contributed by atoms with van der Waals surface area (Å²) in [5.74, 6) is -0.260. The van der Waals surface area contributed by atoms with Crippen molar-refractivity contribution in [3.8, 4) is 0 Å². The maximum Gasteiger partial charge on any atom is 0.230 e. The van der Waals surface area contributed by atoms with Crippen LogP contribution in [0.2, 0.25) is 0 Å². The Bertz CT molecular complexity index is 353. The van der Waals surface area contributed by atoms with Gasteiger partial charge in [0.05, 0.1) is 10.6 Å². The van der Waals surface area contributed by atoms with Gasteiger partial charge in [0.1, 0.15) is 0 Å². The predicted molar refractivity (Wildman–Crippen MR) is 61.2 cm³/mol. The molecule has 0 aliphatic carbocycles. The molecule has 0 saturated carbocycles. The summed E-state index contributed by atoms with van der Waals surface area (Å²) in [6.07, 6.45) is 1.12. The molecule has 1 heterocycles. The van der Waals surface area contributed by atoms with Crippen LogP contribution in [-0.4, -0.2) is 9.58 Å². The Hall–Kier alpha value is -0.220. The molecule has 1 rings (SSSR count). The van der Waals surface area contributed by atoms with E-state index < -0.39 is 3.79 Å². The van der Waals surface area contributed by atoms with Crippen LogP contribution in [0.15, 0.2) is 29.3 Å². The molecule has 0 aliphatic rings. The average molecular weight is 271 g/mol. The first-order valence-corrected chi connectivity index (χ1v) is 5.55. The lowest BCUT2D eigenvalue weighted by Gasteiger charge is -2.09. The second kappa shape index (κ2) is 4.53. The molecule has 14 heavy (non-hydrogen) atoms. The van der Waals surface area contributed by atoms with Crippen LogP contribution < -0.4 is 5.73 Å². The van der Waals surface area contributed by atoms with Gasteiger partial charge in [-0.1, -0.05) is 40.9 Å². The van der Waals surface area contributed by atoms with Gasteiger partial charge in [-0.3, -0.25) is 4.79 Å². The number of hydrogen-bond donors (Lipinski definition) is 1. The summed E-state index contributed by atoms with van der Waals surface area (Å²) >= 11 is 17.7. The molecular formula is C8H6Cl3NOS. The van der Waals surface area contributed by atoms with Crippen molar-refractivity contribution in [3.63, 3.8) is 0 Å². The number of thiophene rings is 1. The lowest BCUT2D eigenvalue weighted by Crippen LogP contribution is -2.17. The number of rotatable bonds is 2. The average Bonchev–Trinajstić information content (AvgIpc) is 2.53. The van der Waals surface area contributed by atoms with E-state index in [1.165, 1.54) is 11.3 Å². The fraction of sp³-hybridized carbons (Fsp3) is 0.125. The molecule has 1 aromatic heterocycles. The number of allylic oxidation sites excluding steroid dienone is 2. The van der Waals surface area contributed by atoms with Gasteiger partial charge in [-0.15, -0.1) is 11.3 Å². The molecule has 0 saturated heterocycles. The summed E-state index contributed by atoms with van der Waals surface area (Å²) in [6, 6.07) is 3.44. The van der Waals surface area contributed by atoms with Crippen LogP contribution in [0.1, 0.15) is 9.67 Å². The van der Waals surface area contributed by atoms with Gasteiger partial charge in [0.2, 0.25) is 3.79 Å². The molecule has 2 nitrogen and oxygen atoms in total. The number of carbonyl (C=O) groups is 1. The second-order valence-electron chi connectivity index (χ2n) is 2.44. The van der Waals surface area contributed by atoms with E-state index in [0.717, 1.165) is 6.08 Å². The molecule has 2 N–H and O–H groups in total. The topological polar surface area (TPSA) is 43.1 Å². The zero-order chi connectivity index (χ0) is 10.8. The molecular weight excluding hydrogens is 265 g/mol. The zero-order valence-electron chi connectivity index (χ0n) is 6.84. The number of nitrogens with two attached hydrogens (primary N) is 1. The Kier molecular flexibility index (Phi) is 3.84. The van der Waals surface area contributed by atoms with Crippen LogP contribution >= 0.6 is 46.1 Å². The molecule has 0 aliphatic heterocycles. The Morgan fingerprint density at radius 3 is 2.57 bits per heavy atom. The molecule has 0 amide bonds. The molecule has 0 bridgehead atoms. The summed E-state index contributed by atoms with van der Waals surface area (Å²) in [5, 5.41) is 1.78. The number of alkyl halides is 3. The highest BCUT2D eigenvalue weighted by Gasteiger charge is 2.24. The summed E-state index contributed by atoms with van der Waals surface area (Å²) in [7, 11) is 0. The lowest BCUT2D eigenvalue weighted by molar-refractivity contribution is 0.104. The van der Waals surface area contributed by atoms with E-state index in [1.54, 1.807) is 17.5 Å². The Labute approximate surface area is 100 Å². The number of ketones is 1. The first-order valence-electron chi connectivity index (χ1n) is 3.53. The Morgan fingerprint density at radius 2 is 2.14 bits per heavy atom. The fourth-order valence-corrected chi connectivity index (χ4v) is 1.51. The molecule has 1 aromatic rings. The molecule has 76 valence electrons. The van der Waals surface area contributed by atoms with Gasteiger partial charge in [0, 0.05) is 6.08 Å². The highest BCUT2D eigenvalue weighted by atomic mass is 35.6. The molecule has 0 unspecified atom stereocenters. The maximum absolute atomic E-state index is 11.4. The number of carbonyl (C=O) groups excluding carboxylic acids is 1. The van der Waals surface area contributed by atoms with Gasteiger partial charge in [-0.25, -0.2) is 0 Å². The minimum absolute atomic E-state index is 0.0825. The lowest BCUT2D eigenvalue weighted by atomic mass is 10.3. The Morgan fingerprint density at radius 1 is 1.50 bits per heavy atom. The van der Waals surface area contributed by atoms with Gasteiger partial charge in [0.15, 0.2) is 5.78 Å². The zero-order valence-corrected chi connectivity index (χ0v) is 9.92. The van der Waals surface area contributed by atoms with E-state index in [9.17, 15) is 4.79 Å². The third-order valence-corrected chi connectivity index (χ3v) is 2.92. The SMILES string of the molecule is N/C(=C\C(=O)c1cccs1)C(Cl)(Cl)Cl. The van der Waals surface area contributed by atoms with Crippen LogP contribution in [0, 0.1) is 0 Å². The van der Waals surface area contributed by atoms with Gasteiger partial charge >= 0.3 is 0 Å². The fourth-order valence-electron chi connectivity index (χ4n) is 0.713. The van der Waals surface area contributed by atoms with Crippen molar-refractivity contribution in [2.45, 2.75) is 3.79 Å². The summed E-state index contributed by atoms with van der Waals surface area (Å²) in [6.45, 7) is 0. The third kappa shape index (κ3) is 3.17. The standard InChI is InChI=1S/C8H6Cl3NOS/c9-8(10,11)7(12)4-5(13)6-2-1-3-14-6/h1-4H,12H2/b7-4-. The minimum Gasteiger partial charge on any atom is -0.398 e. The van der Waals surface area contributed by atoms with Crippen molar-refractivity contribution < 1.29 is 4.79 Å². The normalized spacial score (nSPS) is 12.9. The molecule has 6 heteroatoms. The van der Waals surface area contributed by atoms with E-state index in [-0.39, 0.29) is 11.5 Å². The van der Waals surface area contributed by atoms with E-state index >= 15 is 0 Å². The Balaban J connectivity index is 2.84. The molecule has 0 fully saturated rings. The number of hydrogen-bond acceptors (Lipinski definition) is 3. The van der Waals surface area contributed by atoms with E-state index in [4.69, 9.17) is 40.5 Å². The first kappa shape index (κ1) is 11.9. The second-order valence-corrected chi connectivity index (χ2v) is 5.67. The van der Waals surface area contributed by atoms with Crippen LogP contribution in [-0.2, 0) is 0 Å². The third-order valence-electron chi connectivity index (χ3n) is 1.38. The van der Waals surface area contributed by atoms with Gasteiger partial charge < -0.3 is 5.73 Å². The highest BCUT2D eigenvalue weighted by molar-refractivity contribution is 7.12. The van der Waals surface area contributed by atoms with Crippen molar-refractivity contribution in [2.75, 3.05) is 0 Å². The highest BCUT2D eigenvalue weighted by Crippen LogP contribution is 2.31. The van der Waals surface area contributed by atoms with Gasteiger partial charge in [-0.05, 0) is 11.4 Å². The van der Waals surface area contributed by atoms with Crippen LogP contribution in [0.5, 0.6) is 0 Å². The van der Waals surface area contributed by atoms with Crippen LogP contribution in [0.4, 0.5) is 0 Å². The van der Waals surface area contributed by atoms with Crippen molar-refractivity contribution in [3.05, 3.63) is 34.2 Å². The van der Waals surface area contributed by atoms with Crippen molar-refractivity contribution in [1.29, 1.82) is 0 Å². The molecule has 0 spiro atoms. The largest absolute Gasteiger partial charge is 0.398 e. The smallest absolute Gasteiger partial charge is 0.230 e. The monoisotopic (exact) mass is 269 g/mol. The van der Waals surface area contributed by atoms with E-state index in [1.807, 2.05) is 0 Å². The maximum atomic E-state index is 11.4. The summed E-state index contributed by atoms with van der Waals surface area (Å²) in [5.41, 5.74) is 5.32.